The smallest absolute Gasteiger partial charge is 0.305 e. The fourth-order valence-corrected chi connectivity index (χ4v) is 1.39. The standard InChI is InChI=1S/C9H15NO4/c1-10(5-4-8(11)12)9(13)7-3-2-6-14-7/h7H,2-6H2,1H3,(H,11,12)/t7-/m1/s1. The highest BCUT2D eigenvalue weighted by atomic mass is 16.5. The minimum absolute atomic E-state index is 0.0189. The molecule has 14 heavy (non-hydrogen) atoms. The highest BCUT2D eigenvalue weighted by molar-refractivity contribution is 5.81. The largest absolute Gasteiger partial charge is 0.481 e. The van der Waals surface area contributed by atoms with Crippen LogP contribution >= 0.6 is 0 Å². The Morgan fingerprint density at radius 3 is 2.79 bits per heavy atom. The molecular formula is C9H15NO4. The van der Waals surface area contributed by atoms with Gasteiger partial charge < -0.3 is 14.7 Å². The molecule has 80 valence electrons. The van der Waals surface area contributed by atoms with Crippen molar-refractivity contribution in [3.05, 3.63) is 0 Å². The van der Waals surface area contributed by atoms with E-state index in [0.29, 0.717) is 6.61 Å². The molecule has 1 atom stereocenters. The lowest BCUT2D eigenvalue weighted by Crippen LogP contribution is -2.37. The van der Waals surface area contributed by atoms with E-state index in [-0.39, 0.29) is 25.0 Å². The van der Waals surface area contributed by atoms with Crippen molar-refractivity contribution >= 4 is 11.9 Å². The summed E-state index contributed by atoms with van der Waals surface area (Å²) in [6, 6.07) is 0. The van der Waals surface area contributed by atoms with Gasteiger partial charge in [0.25, 0.3) is 5.91 Å². The number of likely N-dealkylation sites (N-methyl/N-ethyl adjacent to an activating group) is 1. The molecule has 1 aliphatic rings. The highest BCUT2D eigenvalue weighted by Crippen LogP contribution is 2.14. The molecule has 5 nitrogen and oxygen atoms in total. The summed E-state index contributed by atoms with van der Waals surface area (Å²) < 4.78 is 5.20. The van der Waals surface area contributed by atoms with Gasteiger partial charge in [0.05, 0.1) is 6.42 Å². The summed E-state index contributed by atoms with van der Waals surface area (Å²) >= 11 is 0. The molecule has 1 saturated heterocycles. The van der Waals surface area contributed by atoms with Crippen LogP contribution in [0.4, 0.5) is 0 Å². The van der Waals surface area contributed by atoms with Gasteiger partial charge in [-0.15, -0.1) is 0 Å². The van der Waals surface area contributed by atoms with Crippen LogP contribution in [0.15, 0.2) is 0 Å². The van der Waals surface area contributed by atoms with Gasteiger partial charge in [-0.05, 0) is 12.8 Å². The summed E-state index contributed by atoms with van der Waals surface area (Å²) in [6.45, 7) is 0.872. The number of hydrogen-bond donors (Lipinski definition) is 1. The van der Waals surface area contributed by atoms with Crippen LogP contribution in [0.3, 0.4) is 0 Å². The molecule has 0 unspecified atom stereocenters. The number of carbonyl (C=O) groups excluding carboxylic acids is 1. The summed E-state index contributed by atoms with van der Waals surface area (Å²) in [6.07, 6.45) is 1.28. The first-order valence-corrected chi connectivity index (χ1v) is 4.69. The predicted octanol–water partition coefficient (Wildman–Crippen LogP) is 0.0985. The molecule has 1 rings (SSSR count). The van der Waals surface area contributed by atoms with E-state index < -0.39 is 5.97 Å². The first-order chi connectivity index (χ1) is 6.61. The van der Waals surface area contributed by atoms with Gasteiger partial charge in [-0.3, -0.25) is 9.59 Å². The molecule has 0 aromatic heterocycles. The molecule has 1 aliphatic heterocycles. The van der Waals surface area contributed by atoms with Crippen molar-refractivity contribution in [3.8, 4) is 0 Å². The van der Waals surface area contributed by atoms with Crippen LogP contribution in [-0.2, 0) is 14.3 Å². The molecule has 1 amide bonds. The number of hydrogen-bond acceptors (Lipinski definition) is 3. The third-order valence-electron chi connectivity index (χ3n) is 2.24. The Balaban J connectivity index is 2.31. The van der Waals surface area contributed by atoms with Crippen LogP contribution in [0, 0.1) is 0 Å². The average Bonchev–Trinajstić information content (AvgIpc) is 2.65. The van der Waals surface area contributed by atoms with Gasteiger partial charge in [0.15, 0.2) is 0 Å². The quantitative estimate of drug-likeness (QED) is 0.700. The van der Waals surface area contributed by atoms with E-state index in [0.717, 1.165) is 12.8 Å². The lowest BCUT2D eigenvalue weighted by molar-refractivity contribution is -0.141. The van der Waals surface area contributed by atoms with Crippen LogP contribution in [0.5, 0.6) is 0 Å². The minimum Gasteiger partial charge on any atom is -0.481 e. The number of amides is 1. The SMILES string of the molecule is CN(CCC(=O)O)C(=O)[C@H]1CCCO1. The topological polar surface area (TPSA) is 66.8 Å². The lowest BCUT2D eigenvalue weighted by atomic mass is 10.2. The molecule has 0 bridgehead atoms. The zero-order chi connectivity index (χ0) is 10.6. The van der Waals surface area contributed by atoms with E-state index in [1.54, 1.807) is 7.05 Å². The average molecular weight is 201 g/mol. The van der Waals surface area contributed by atoms with Crippen molar-refractivity contribution < 1.29 is 19.4 Å². The predicted molar refractivity (Wildman–Crippen MR) is 48.9 cm³/mol. The van der Waals surface area contributed by atoms with Crippen molar-refractivity contribution in [2.24, 2.45) is 0 Å². The van der Waals surface area contributed by atoms with Gasteiger partial charge in [0, 0.05) is 20.2 Å². The number of ether oxygens (including phenoxy) is 1. The molecule has 0 spiro atoms. The number of rotatable bonds is 4. The molecule has 0 saturated carbocycles. The van der Waals surface area contributed by atoms with Crippen LogP contribution < -0.4 is 0 Å². The number of aliphatic carboxylic acids is 1. The summed E-state index contributed by atoms with van der Waals surface area (Å²) in [7, 11) is 1.60. The molecule has 0 aromatic carbocycles. The summed E-state index contributed by atoms with van der Waals surface area (Å²) in [5.41, 5.74) is 0. The van der Waals surface area contributed by atoms with Gasteiger partial charge >= 0.3 is 5.97 Å². The van der Waals surface area contributed by atoms with E-state index >= 15 is 0 Å². The van der Waals surface area contributed by atoms with Crippen molar-refractivity contribution in [2.75, 3.05) is 20.2 Å². The van der Waals surface area contributed by atoms with E-state index in [1.807, 2.05) is 0 Å². The third-order valence-corrected chi connectivity index (χ3v) is 2.24. The summed E-state index contributed by atoms with van der Waals surface area (Å²) in [5, 5.41) is 8.44. The van der Waals surface area contributed by atoms with Crippen molar-refractivity contribution in [1.29, 1.82) is 0 Å². The maximum Gasteiger partial charge on any atom is 0.305 e. The maximum atomic E-state index is 11.6. The molecule has 1 heterocycles. The van der Waals surface area contributed by atoms with E-state index in [9.17, 15) is 9.59 Å². The van der Waals surface area contributed by atoms with Crippen molar-refractivity contribution in [1.82, 2.24) is 4.90 Å². The molecule has 1 fully saturated rings. The number of carboxylic acid groups (broad SMARTS) is 1. The second-order valence-electron chi connectivity index (χ2n) is 3.41. The first kappa shape index (κ1) is 11.0. The maximum absolute atomic E-state index is 11.6. The Labute approximate surface area is 82.6 Å². The number of carbonyl (C=O) groups is 2. The van der Waals surface area contributed by atoms with Gasteiger partial charge in [0.2, 0.25) is 0 Å². The molecule has 0 radical (unpaired) electrons. The Morgan fingerprint density at radius 2 is 2.29 bits per heavy atom. The normalized spacial score (nSPS) is 20.8. The molecule has 1 N–H and O–H groups in total. The Morgan fingerprint density at radius 1 is 1.57 bits per heavy atom. The lowest BCUT2D eigenvalue weighted by Gasteiger charge is -2.19. The summed E-state index contributed by atoms with van der Waals surface area (Å²) in [5.74, 6) is -0.999. The van der Waals surface area contributed by atoms with Crippen LogP contribution in [-0.4, -0.2) is 48.2 Å². The fourth-order valence-electron chi connectivity index (χ4n) is 1.39. The van der Waals surface area contributed by atoms with E-state index in [2.05, 4.69) is 0 Å². The van der Waals surface area contributed by atoms with Gasteiger partial charge in [0.1, 0.15) is 6.10 Å². The van der Waals surface area contributed by atoms with E-state index in [4.69, 9.17) is 9.84 Å². The van der Waals surface area contributed by atoms with Crippen LogP contribution in [0.25, 0.3) is 0 Å². The number of carboxylic acids is 1. The van der Waals surface area contributed by atoms with Crippen molar-refractivity contribution in [2.45, 2.75) is 25.4 Å². The first-order valence-electron chi connectivity index (χ1n) is 4.69. The fraction of sp³-hybridized carbons (Fsp3) is 0.778. The Kier molecular flexibility index (Phi) is 3.88. The highest BCUT2D eigenvalue weighted by Gasteiger charge is 2.26. The van der Waals surface area contributed by atoms with Gasteiger partial charge in [-0.2, -0.15) is 0 Å². The zero-order valence-corrected chi connectivity index (χ0v) is 8.23. The van der Waals surface area contributed by atoms with Crippen LogP contribution in [0.1, 0.15) is 19.3 Å². The summed E-state index contributed by atoms with van der Waals surface area (Å²) in [4.78, 5) is 23.3. The Hall–Kier alpha value is -1.10. The second-order valence-corrected chi connectivity index (χ2v) is 3.41. The molecule has 0 aliphatic carbocycles. The second kappa shape index (κ2) is 4.95. The Bertz CT molecular complexity index is 223. The minimum atomic E-state index is -0.892. The van der Waals surface area contributed by atoms with E-state index in [1.165, 1.54) is 4.90 Å². The van der Waals surface area contributed by atoms with Gasteiger partial charge in [-0.25, -0.2) is 0 Å². The number of nitrogens with zero attached hydrogens (tertiary/aromatic N) is 1. The molecular weight excluding hydrogens is 186 g/mol. The van der Waals surface area contributed by atoms with Gasteiger partial charge in [-0.1, -0.05) is 0 Å². The molecule has 0 aromatic rings. The third kappa shape index (κ3) is 2.99. The molecule has 5 heteroatoms. The monoisotopic (exact) mass is 201 g/mol. The van der Waals surface area contributed by atoms with Crippen LogP contribution in [0.2, 0.25) is 0 Å². The zero-order valence-electron chi connectivity index (χ0n) is 8.23. The van der Waals surface area contributed by atoms with Crippen molar-refractivity contribution in [3.63, 3.8) is 0 Å².